The van der Waals surface area contributed by atoms with Crippen LogP contribution in [0.5, 0.6) is 11.5 Å². The van der Waals surface area contributed by atoms with Crippen LogP contribution in [0.3, 0.4) is 0 Å². The summed E-state index contributed by atoms with van der Waals surface area (Å²) in [6.07, 6.45) is 0. The molecule has 0 amide bonds. The standard InChI is InChI=1S/C23H27N3O5/c1-4-29-12-13-31-23(27)21-22(26-18-9-7-6-8-17(18)25-21)24-15-16-10-11-19(30-5-2)20(14-16)28-3/h6-11,14H,4-5,12-13,15H2,1-3H3,(H,24,26). The number of carbonyl (C=O) groups is 1. The van der Waals surface area contributed by atoms with E-state index in [0.29, 0.717) is 54.7 Å². The topological polar surface area (TPSA) is 91.8 Å². The molecule has 0 saturated heterocycles. The minimum atomic E-state index is -0.551. The quantitative estimate of drug-likeness (QED) is 0.366. The molecule has 2 aromatic carbocycles. The number of ether oxygens (including phenoxy) is 4. The Morgan fingerprint density at radius 1 is 0.968 bits per heavy atom. The molecule has 0 atom stereocenters. The molecule has 0 aliphatic rings. The first-order valence-corrected chi connectivity index (χ1v) is 10.2. The molecule has 0 spiro atoms. The molecule has 31 heavy (non-hydrogen) atoms. The summed E-state index contributed by atoms with van der Waals surface area (Å²) in [7, 11) is 1.60. The molecule has 3 aromatic rings. The lowest BCUT2D eigenvalue weighted by Gasteiger charge is -2.13. The Balaban J connectivity index is 1.82. The second-order valence-electron chi connectivity index (χ2n) is 6.51. The zero-order valence-corrected chi connectivity index (χ0v) is 18.0. The van der Waals surface area contributed by atoms with Gasteiger partial charge in [0.2, 0.25) is 0 Å². The van der Waals surface area contributed by atoms with Crippen molar-refractivity contribution in [3.05, 3.63) is 53.7 Å². The Morgan fingerprint density at radius 2 is 1.74 bits per heavy atom. The third kappa shape index (κ3) is 5.82. The highest BCUT2D eigenvalue weighted by molar-refractivity contribution is 5.95. The average Bonchev–Trinajstić information content (AvgIpc) is 2.80. The van der Waals surface area contributed by atoms with E-state index >= 15 is 0 Å². The first-order valence-electron chi connectivity index (χ1n) is 10.2. The van der Waals surface area contributed by atoms with Gasteiger partial charge in [0.15, 0.2) is 23.0 Å². The lowest BCUT2D eigenvalue weighted by Crippen LogP contribution is -2.16. The number of methoxy groups -OCH3 is 1. The van der Waals surface area contributed by atoms with Gasteiger partial charge in [-0.05, 0) is 43.7 Å². The Bertz CT molecular complexity index is 1030. The number of aromatic nitrogens is 2. The van der Waals surface area contributed by atoms with Crippen molar-refractivity contribution >= 4 is 22.8 Å². The van der Waals surface area contributed by atoms with Gasteiger partial charge in [-0.1, -0.05) is 18.2 Å². The second-order valence-corrected chi connectivity index (χ2v) is 6.51. The third-order valence-electron chi connectivity index (χ3n) is 4.42. The number of para-hydroxylation sites is 2. The van der Waals surface area contributed by atoms with Crippen molar-refractivity contribution in [3.8, 4) is 11.5 Å². The molecule has 0 fully saturated rings. The van der Waals surface area contributed by atoms with Crippen LogP contribution in [0, 0.1) is 0 Å². The number of benzene rings is 2. The molecular formula is C23H27N3O5. The van der Waals surface area contributed by atoms with Gasteiger partial charge in [0.1, 0.15) is 6.61 Å². The Labute approximate surface area is 181 Å². The summed E-state index contributed by atoms with van der Waals surface area (Å²) in [5.41, 5.74) is 2.37. The Morgan fingerprint density at radius 3 is 2.45 bits per heavy atom. The Kier molecular flexibility index (Phi) is 8.00. The van der Waals surface area contributed by atoms with Gasteiger partial charge in [0.25, 0.3) is 0 Å². The lowest BCUT2D eigenvalue weighted by atomic mass is 10.2. The second kappa shape index (κ2) is 11.1. The summed E-state index contributed by atoms with van der Waals surface area (Å²) in [6, 6.07) is 13.0. The number of fused-ring (bicyclic) bond motifs is 1. The zero-order chi connectivity index (χ0) is 22.1. The van der Waals surface area contributed by atoms with Crippen LogP contribution in [-0.4, -0.2) is 49.5 Å². The average molecular weight is 425 g/mol. The van der Waals surface area contributed by atoms with Crippen molar-refractivity contribution < 1.29 is 23.7 Å². The summed E-state index contributed by atoms with van der Waals surface area (Å²) in [4.78, 5) is 21.7. The first kappa shape index (κ1) is 22.3. The third-order valence-corrected chi connectivity index (χ3v) is 4.42. The molecule has 3 rings (SSSR count). The van der Waals surface area contributed by atoms with Crippen LogP contribution >= 0.6 is 0 Å². The molecular weight excluding hydrogens is 398 g/mol. The number of hydrogen-bond acceptors (Lipinski definition) is 8. The molecule has 0 unspecified atom stereocenters. The molecule has 0 bridgehead atoms. The van der Waals surface area contributed by atoms with Crippen LogP contribution in [0.15, 0.2) is 42.5 Å². The number of hydrogen-bond donors (Lipinski definition) is 1. The van der Waals surface area contributed by atoms with E-state index in [9.17, 15) is 4.79 Å². The zero-order valence-electron chi connectivity index (χ0n) is 18.0. The fraction of sp³-hybridized carbons (Fsp3) is 0.348. The number of rotatable bonds is 11. The van der Waals surface area contributed by atoms with E-state index in [0.717, 1.165) is 5.56 Å². The van der Waals surface area contributed by atoms with Gasteiger partial charge in [-0.25, -0.2) is 14.8 Å². The molecule has 0 aliphatic carbocycles. The van der Waals surface area contributed by atoms with Gasteiger partial charge in [0.05, 0.1) is 31.4 Å². The van der Waals surface area contributed by atoms with Crippen LogP contribution in [0.25, 0.3) is 11.0 Å². The SMILES string of the molecule is CCOCCOC(=O)c1nc2ccccc2nc1NCc1ccc(OCC)c(OC)c1. The summed E-state index contributed by atoms with van der Waals surface area (Å²) in [5, 5.41) is 3.20. The fourth-order valence-electron chi connectivity index (χ4n) is 2.95. The summed E-state index contributed by atoms with van der Waals surface area (Å²) >= 11 is 0. The monoisotopic (exact) mass is 425 g/mol. The molecule has 8 heteroatoms. The smallest absolute Gasteiger partial charge is 0.360 e. The molecule has 0 aliphatic heterocycles. The van der Waals surface area contributed by atoms with Gasteiger partial charge in [-0.15, -0.1) is 0 Å². The van der Waals surface area contributed by atoms with E-state index in [4.69, 9.17) is 18.9 Å². The van der Waals surface area contributed by atoms with Gasteiger partial charge in [0, 0.05) is 13.2 Å². The van der Waals surface area contributed by atoms with Crippen molar-refractivity contribution in [1.29, 1.82) is 0 Å². The van der Waals surface area contributed by atoms with Gasteiger partial charge >= 0.3 is 5.97 Å². The van der Waals surface area contributed by atoms with Crippen LogP contribution in [0.1, 0.15) is 29.9 Å². The molecule has 1 N–H and O–H groups in total. The Hall–Kier alpha value is -3.39. The summed E-state index contributed by atoms with van der Waals surface area (Å²) in [6.45, 7) is 5.81. The predicted octanol–water partition coefficient (Wildman–Crippen LogP) is 3.84. The minimum Gasteiger partial charge on any atom is -0.493 e. The van der Waals surface area contributed by atoms with Crippen molar-refractivity contribution in [2.75, 3.05) is 38.9 Å². The highest BCUT2D eigenvalue weighted by Gasteiger charge is 2.18. The van der Waals surface area contributed by atoms with E-state index in [2.05, 4.69) is 15.3 Å². The number of anilines is 1. The molecule has 0 radical (unpaired) electrons. The molecule has 8 nitrogen and oxygen atoms in total. The van der Waals surface area contributed by atoms with Crippen LogP contribution in [0.4, 0.5) is 5.82 Å². The highest BCUT2D eigenvalue weighted by Crippen LogP contribution is 2.28. The molecule has 164 valence electrons. The fourth-order valence-corrected chi connectivity index (χ4v) is 2.95. The number of carbonyl (C=O) groups excluding carboxylic acids is 1. The molecule has 1 aromatic heterocycles. The van der Waals surface area contributed by atoms with Crippen LogP contribution in [0.2, 0.25) is 0 Å². The summed E-state index contributed by atoms with van der Waals surface area (Å²) in [5.74, 6) is 1.12. The van der Waals surface area contributed by atoms with Crippen molar-refractivity contribution in [2.45, 2.75) is 20.4 Å². The van der Waals surface area contributed by atoms with Gasteiger partial charge in [-0.2, -0.15) is 0 Å². The van der Waals surface area contributed by atoms with Gasteiger partial charge < -0.3 is 24.3 Å². The maximum absolute atomic E-state index is 12.6. The maximum Gasteiger partial charge on any atom is 0.360 e. The van der Waals surface area contributed by atoms with Gasteiger partial charge in [-0.3, -0.25) is 0 Å². The largest absolute Gasteiger partial charge is 0.493 e. The predicted molar refractivity (Wildman–Crippen MR) is 118 cm³/mol. The van der Waals surface area contributed by atoms with Crippen LogP contribution < -0.4 is 14.8 Å². The van der Waals surface area contributed by atoms with E-state index in [-0.39, 0.29) is 12.3 Å². The van der Waals surface area contributed by atoms with E-state index in [1.54, 1.807) is 13.2 Å². The van der Waals surface area contributed by atoms with E-state index in [1.165, 1.54) is 0 Å². The normalized spacial score (nSPS) is 10.7. The van der Waals surface area contributed by atoms with Crippen molar-refractivity contribution in [2.24, 2.45) is 0 Å². The maximum atomic E-state index is 12.6. The van der Waals surface area contributed by atoms with Crippen LogP contribution in [-0.2, 0) is 16.0 Å². The number of esters is 1. The van der Waals surface area contributed by atoms with Crippen molar-refractivity contribution in [3.63, 3.8) is 0 Å². The van der Waals surface area contributed by atoms with Crippen molar-refractivity contribution in [1.82, 2.24) is 9.97 Å². The summed E-state index contributed by atoms with van der Waals surface area (Å²) < 4.78 is 21.5. The number of nitrogens with zero attached hydrogens (tertiary/aromatic N) is 2. The molecule has 1 heterocycles. The molecule has 0 saturated carbocycles. The first-order chi connectivity index (χ1) is 15.2. The van der Waals surface area contributed by atoms with E-state index in [1.807, 2.05) is 50.2 Å². The number of nitrogens with one attached hydrogen (secondary N) is 1. The minimum absolute atomic E-state index is 0.132. The highest BCUT2D eigenvalue weighted by atomic mass is 16.6. The van der Waals surface area contributed by atoms with E-state index < -0.39 is 5.97 Å². The lowest BCUT2D eigenvalue weighted by molar-refractivity contribution is 0.0330.